The molecule has 0 saturated carbocycles. The van der Waals surface area contributed by atoms with E-state index < -0.39 is 24.8 Å². The van der Waals surface area contributed by atoms with Gasteiger partial charge in [-0.25, -0.2) is 15.0 Å². The molecule has 2 saturated heterocycles. The molecule has 12 nitrogen and oxygen atoms in total. The van der Waals surface area contributed by atoms with Crippen molar-refractivity contribution in [2.24, 2.45) is 11.7 Å². The number of carbonyl (C=O) groups excluding carboxylic acids is 3. The minimum atomic E-state index is -4.47. The Morgan fingerprint density at radius 3 is 2.46 bits per heavy atom. The fourth-order valence-electron chi connectivity index (χ4n) is 3.90. The smallest absolute Gasteiger partial charge is 0.422 e. The lowest BCUT2D eigenvalue weighted by molar-refractivity contribution is -0.154. The molecule has 4 rings (SSSR count). The molecule has 0 aliphatic carbocycles. The molecule has 3 amide bonds. The van der Waals surface area contributed by atoms with E-state index in [0.717, 1.165) is 0 Å². The molecule has 2 aliphatic heterocycles. The van der Waals surface area contributed by atoms with Crippen LogP contribution in [0.4, 0.5) is 24.8 Å². The Labute approximate surface area is 209 Å². The number of pyridine rings is 1. The lowest BCUT2D eigenvalue weighted by Gasteiger charge is -2.39. The van der Waals surface area contributed by atoms with Crippen LogP contribution >= 0.6 is 0 Å². The molecule has 2 fully saturated rings. The van der Waals surface area contributed by atoms with E-state index in [4.69, 9.17) is 10.5 Å². The number of hydrogen-bond donors (Lipinski definition) is 1. The van der Waals surface area contributed by atoms with E-state index in [1.54, 1.807) is 4.90 Å². The van der Waals surface area contributed by atoms with Gasteiger partial charge in [0.05, 0.1) is 36.7 Å². The maximum Gasteiger partial charge on any atom is 0.422 e. The minimum Gasteiger partial charge on any atom is -0.479 e. The molecule has 0 bridgehead atoms. The number of ether oxygens (including phenoxy) is 2. The fraction of sp³-hybridized carbons (Fsp3) is 0.455. The first-order chi connectivity index (χ1) is 17.5. The Bertz CT molecular complexity index is 1140. The molecule has 2 aromatic heterocycles. The summed E-state index contributed by atoms with van der Waals surface area (Å²) < 4.78 is 46.9. The van der Waals surface area contributed by atoms with Crippen LogP contribution in [0, 0.1) is 5.92 Å². The molecule has 0 radical (unpaired) electrons. The van der Waals surface area contributed by atoms with Crippen LogP contribution in [0.2, 0.25) is 0 Å². The van der Waals surface area contributed by atoms with E-state index >= 15 is 0 Å². The Hall–Kier alpha value is -4.17. The van der Waals surface area contributed by atoms with E-state index in [2.05, 4.69) is 19.7 Å². The van der Waals surface area contributed by atoms with E-state index in [0.29, 0.717) is 37.7 Å². The summed E-state index contributed by atoms with van der Waals surface area (Å²) in [6.45, 7) is -0.448. The summed E-state index contributed by atoms with van der Waals surface area (Å²) in [5.74, 6) is -0.959. The zero-order chi connectivity index (χ0) is 26.7. The maximum atomic E-state index is 12.8. The van der Waals surface area contributed by atoms with Crippen molar-refractivity contribution in [1.29, 1.82) is 0 Å². The zero-order valence-corrected chi connectivity index (χ0v) is 19.7. The van der Waals surface area contributed by atoms with Crippen LogP contribution in [-0.4, -0.2) is 89.7 Å². The summed E-state index contributed by atoms with van der Waals surface area (Å²) in [5, 5.41) is 0. The largest absolute Gasteiger partial charge is 0.479 e. The van der Waals surface area contributed by atoms with E-state index in [1.807, 2.05) is 0 Å². The first-order valence-electron chi connectivity index (χ1n) is 11.2. The Morgan fingerprint density at radius 2 is 1.86 bits per heavy atom. The summed E-state index contributed by atoms with van der Waals surface area (Å²) in [7, 11) is 1.52. The number of alkyl halides is 3. The lowest BCUT2D eigenvalue weighted by atomic mass is 9.99. The molecule has 0 unspecified atom stereocenters. The van der Waals surface area contributed by atoms with Gasteiger partial charge in [-0.2, -0.15) is 13.2 Å². The molecule has 2 N–H and O–H groups in total. The topological polar surface area (TPSA) is 144 Å². The second-order valence-corrected chi connectivity index (χ2v) is 8.62. The van der Waals surface area contributed by atoms with Gasteiger partial charge >= 0.3 is 6.18 Å². The highest BCUT2D eigenvalue weighted by Crippen LogP contribution is 2.27. The van der Waals surface area contributed by atoms with Gasteiger partial charge in [0, 0.05) is 39.2 Å². The first-order valence-corrected chi connectivity index (χ1v) is 11.2. The number of nitrogens with zero attached hydrogens (tertiary/aromatic N) is 6. The maximum absolute atomic E-state index is 12.8. The van der Waals surface area contributed by atoms with Gasteiger partial charge in [-0.15, -0.1) is 0 Å². The SMILES string of the molecule is CN(CC(N)=O)C(=O)C1CN(c2ncc(N3CC[C@@H](Oc4ccc(OCC(F)(F)F)nc4)C3=O)cn2)C1. The third kappa shape index (κ3) is 6.34. The Balaban J connectivity index is 1.28. The predicted molar refractivity (Wildman–Crippen MR) is 122 cm³/mol. The van der Waals surface area contributed by atoms with Crippen LogP contribution in [0.15, 0.2) is 30.7 Å². The van der Waals surface area contributed by atoms with Gasteiger partial charge in [-0.3, -0.25) is 14.4 Å². The van der Waals surface area contributed by atoms with Crippen LogP contribution in [0.5, 0.6) is 11.6 Å². The molecule has 198 valence electrons. The van der Waals surface area contributed by atoms with Crippen molar-refractivity contribution in [3.63, 3.8) is 0 Å². The fourth-order valence-corrected chi connectivity index (χ4v) is 3.90. The number of amides is 3. The van der Waals surface area contributed by atoms with Crippen LogP contribution in [-0.2, 0) is 14.4 Å². The highest BCUT2D eigenvalue weighted by Gasteiger charge is 2.37. The number of carbonyl (C=O) groups is 3. The van der Waals surface area contributed by atoms with Gasteiger partial charge in [0.15, 0.2) is 12.7 Å². The summed E-state index contributed by atoms with van der Waals surface area (Å²) in [6, 6.07) is 2.61. The van der Waals surface area contributed by atoms with Gasteiger partial charge < -0.3 is 29.9 Å². The van der Waals surface area contributed by atoms with Crippen molar-refractivity contribution >= 4 is 29.4 Å². The van der Waals surface area contributed by atoms with Crippen LogP contribution in [0.25, 0.3) is 0 Å². The second kappa shape index (κ2) is 10.4. The van der Waals surface area contributed by atoms with Gasteiger partial charge in [0.2, 0.25) is 23.6 Å². The standard InChI is InChI=1S/C22H24F3N7O5/c1-30(11-17(26)33)19(34)13-9-31(10-13)21-28-6-14(7-29-21)32-5-4-16(20(32)35)37-15-2-3-18(27-8-15)36-12-22(23,24)25/h2-3,6-8,13,16H,4-5,9-12H2,1H3,(H2,26,33)/t16-/m1/s1. The quantitative estimate of drug-likeness (QED) is 0.493. The molecule has 4 heterocycles. The number of primary amides is 1. The molecule has 37 heavy (non-hydrogen) atoms. The van der Waals surface area contributed by atoms with Crippen molar-refractivity contribution in [2.45, 2.75) is 18.7 Å². The van der Waals surface area contributed by atoms with Crippen molar-refractivity contribution in [2.75, 3.05) is 49.6 Å². The highest BCUT2D eigenvalue weighted by atomic mass is 19.4. The number of anilines is 2. The summed E-state index contributed by atoms with van der Waals surface area (Å²) in [4.78, 5) is 53.0. The van der Waals surface area contributed by atoms with Crippen molar-refractivity contribution < 1.29 is 37.0 Å². The number of aromatic nitrogens is 3. The molecule has 0 aromatic carbocycles. The van der Waals surface area contributed by atoms with Gasteiger partial charge in [0.1, 0.15) is 5.75 Å². The molecule has 15 heteroatoms. The van der Waals surface area contributed by atoms with Gasteiger partial charge in [0.25, 0.3) is 5.91 Å². The number of nitrogens with two attached hydrogens (primary N) is 1. The lowest BCUT2D eigenvalue weighted by Crippen LogP contribution is -2.55. The van der Waals surface area contributed by atoms with Crippen LogP contribution in [0.3, 0.4) is 0 Å². The normalized spacial score (nSPS) is 17.9. The molecule has 0 spiro atoms. The molecule has 1 atom stereocenters. The molecule has 2 aliphatic rings. The summed E-state index contributed by atoms with van der Waals surface area (Å²) in [5.41, 5.74) is 5.60. The van der Waals surface area contributed by atoms with Gasteiger partial charge in [-0.05, 0) is 6.07 Å². The van der Waals surface area contributed by atoms with Crippen molar-refractivity contribution in [3.8, 4) is 11.6 Å². The van der Waals surface area contributed by atoms with Crippen molar-refractivity contribution in [3.05, 3.63) is 30.7 Å². The summed E-state index contributed by atoms with van der Waals surface area (Å²) in [6.07, 6.45) is -0.698. The Kier molecular flexibility index (Phi) is 7.31. The number of halogens is 3. The number of hydrogen-bond acceptors (Lipinski definition) is 9. The third-order valence-corrected chi connectivity index (χ3v) is 5.75. The molecule has 2 aromatic rings. The third-order valence-electron chi connectivity index (χ3n) is 5.75. The minimum absolute atomic E-state index is 0.146. The van der Waals surface area contributed by atoms with E-state index in [-0.39, 0.29) is 35.9 Å². The summed E-state index contributed by atoms with van der Waals surface area (Å²) >= 11 is 0. The average molecular weight is 523 g/mol. The molecular formula is C22H24F3N7O5. The average Bonchev–Trinajstić information content (AvgIpc) is 3.17. The molecular weight excluding hydrogens is 499 g/mol. The first kappa shape index (κ1) is 25.9. The van der Waals surface area contributed by atoms with E-state index in [9.17, 15) is 27.6 Å². The highest BCUT2D eigenvalue weighted by molar-refractivity contribution is 5.98. The van der Waals surface area contributed by atoms with E-state index in [1.165, 1.54) is 47.6 Å². The number of rotatable bonds is 9. The zero-order valence-electron chi connectivity index (χ0n) is 19.7. The Morgan fingerprint density at radius 1 is 1.16 bits per heavy atom. The van der Waals surface area contributed by atoms with Crippen molar-refractivity contribution in [1.82, 2.24) is 19.9 Å². The second-order valence-electron chi connectivity index (χ2n) is 8.62. The van der Waals surface area contributed by atoms with Gasteiger partial charge in [-0.1, -0.05) is 0 Å². The monoisotopic (exact) mass is 523 g/mol. The van der Waals surface area contributed by atoms with Crippen LogP contribution in [0.1, 0.15) is 6.42 Å². The predicted octanol–water partition coefficient (Wildman–Crippen LogP) is 0.377. The number of likely N-dealkylation sites (N-methyl/N-ethyl adjacent to an activating group) is 1. The van der Waals surface area contributed by atoms with Crippen LogP contribution < -0.4 is 25.0 Å².